The molecule has 0 aliphatic heterocycles. The second kappa shape index (κ2) is 4.40. The SMILES string of the molecule is Cc1ccc(C)c(C(CN)CO)c1. The van der Waals surface area contributed by atoms with Crippen molar-refractivity contribution < 1.29 is 5.11 Å². The fraction of sp³-hybridized carbons (Fsp3) is 0.455. The van der Waals surface area contributed by atoms with Crippen LogP contribution in [0.2, 0.25) is 0 Å². The van der Waals surface area contributed by atoms with Crippen molar-refractivity contribution in [1.82, 2.24) is 0 Å². The topological polar surface area (TPSA) is 46.2 Å². The first-order valence-corrected chi connectivity index (χ1v) is 4.57. The Morgan fingerprint density at radius 1 is 1.38 bits per heavy atom. The summed E-state index contributed by atoms with van der Waals surface area (Å²) in [5, 5.41) is 9.11. The van der Waals surface area contributed by atoms with Gasteiger partial charge in [0.05, 0.1) is 6.61 Å². The van der Waals surface area contributed by atoms with Crippen molar-refractivity contribution >= 4 is 0 Å². The second-order valence-electron chi connectivity index (χ2n) is 3.48. The highest BCUT2D eigenvalue weighted by molar-refractivity contribution is 5.33. The van der Waals surface area contributed by atoms with E-state index in [1.165, 1.54) is 16.7 Å². The standard InChI is InChI=1S/C11H17NO/c1-8-3-4-9(2)11(5-8)10(6-12)7-13/h3-5,10,13H,6-7,12H2,1-2H3. The van der Waals surface area contributed by atoms with Crippen LogP contribution in [0.25, 0.3) is 0 Å². The lowest BCUT2D eigenvalue weighted by Crippen LogP contribution is -2.17. The Kier molecular flexibility index (Phi) is 3.46. The van der Waals surface area contributed by atoms with Gasteiger partial charge in [-0.15, -0.1) is 0 Å². The third-order valence-corrected chi connectivity index (χ3v) is 2.38. The zero-order chi connectivity index (χ0) is 9.84. The van der Waals surface area contributed by atoms with Crippen LogP contribution in [-0.4, -0.2) is 18.3 Å². The molecule has 0 heterocycles. The summed E-state index contributed by atoms with van der Waals surface area (Å²) >= 11 is 0. The van der Waals surface area contributed by atoms with E-state index >= 15 is 0 Å². The molecule has 0 saturated heterocycles. The van der Waals surface area contributed by atoms with E-state index in [-0.39, 0.29) is 12.5 Å². The summed E-state index contributed by atoms with van der Waals surface area (Å²) in [5.41, 5.74) is 9.16. The molecule has 0 saturated carbocycles. The summed E-state index contributed by atoms with van der Waals surface area (Å²) in [6.07, 6.45) is 0. The molecule has 2 nitrogen and oxygen atoms in total. The van der Waals surface area contributed by atoms with Crippen molar-refractivity contribution in [3.05, 3.63) is 34.9 Å². The first-order valence-electron chi connectivity index (χ1n) is 4.57. The molecule has 0 amide bonds. The highest BCUT2D eigenvalue weighted by Crippen LogP contribution is 2.19. The van der Waals surface area contributed by atoms with Gasteiger partial charge < -0.3 is 10.8 Å². The van der Waals surface area contributed by atoms with Crippen LogP contribution in [-0.2, 0) is 0 Å². The highest BCUT2D eigenvalue weighted by atomic mass is 16.3. The van der Waals surface area contributed by atoms with Crippen molar-refractivity contribution in [1.29, 1.82) is 0 Å². The van der Waals surface area contributed by atoms with Crippen LogP contribution >= 0.6 is 0 Å². The van der Waals surface area contributed by atoms with Crippen LogP contribution in [0.5, 0.6) is 0 Å². The van der Waals surface area contributed by atoms with E-state index in [2.05, 4.69) is 18.2 Å². The Hall–Kier alpha value is -0.860. The zero-order valence-electron chi connectivity index (χ0n) is 8.25. The van der Waals surface area contributed by atoms with Gasteiger partial charge in [0.15, 0.2) is 0 Å². The van der Waals surface area contributed by atoms with Gasteiger partial charge in [-0.1, -0.05) is 23.8 Å². The quantitative estimate of drug-likeness (QED) is 0.735. The molecule has 0 aliphatic rings. The molecular weight excluding hydrogens is 162 g/mol. The molecular formula is C11H17NO. The third kappa shape index (κ3) is 2.29. The summed E-state index contributed by atoms with van der Waals surface area (Å²) in [4.78, 5) is 0. The van der Waals surface area contributed by atoms with Gasteiger partial charge >= 0.3 is 0 Å². The van der Waals surface area contributed by atoms with Crippen LogP contribution < -0.4 is 5.73 Å². The molecule has 0 bridgehead atoms. The van der Waals surface area contributed by atoms with Gasteiger partial charge in [-0.3, -0.25) is 0 Å². The maximum Gasteiger partial charge on any atom is 0.0512 e. The Morgan fingerprint density at radius 3 is 2.62 bits per heavy atom. The van der Waals surface area contributed by atoms with E-state index in [1.54, 1.807) is 0 Å². The fourth-order valence-electron chi connectivity index (χ4n) is 1.50. The van der Waals surface area contributed by atoms with Crippen molar-refractivity contribution in [2.24, 2.45) is 5.73 Å². The van der Waals surface area contributed by atoms with Gasteiger partial charge in [0, 0.05) is 12.5 Å². The molecule has 1 aromatic rings. The summed E-state index contributed by atoms with van der Waals surface area (Å²) in [6.45, 7) is 4.72. The van der Waals surface area contributed by atoms with E-state index in [0.29, 0.717) is 6.54 Å². The second-order valence-corrected chi connectivity index (χ2v) is 3.48. The number of rotatable bonds is 3. The van der Waals surface area contributed by atoms with Crippen molar-refractivity contribution in [3.63, 3.8) is 0 Å². The molecule has 13 heavy (non-hydrogen) atoms. The molecule has 1 atom stereocenters. The lowest BCUT2D eigenvalue weighted by Gasteiger charge is -2.15. The van der Waals surface area contributed by atoms with Crippen molar-refractivity contribution in [3.8, 4) is 0 Å². The summed E-state index contributed by atoms with van der Waals surface area (Å²) in [6, 6.07) is 6.25. The largest absolute Gasteiger partial charge is 0.396 e. The number of aliphatic hydroxyl groups is 1. The monoisotopic (exact) mass is 179 g/mol. The Balaban J connectivity index is 3.03. The minimum atomic E-state index is 0.0832. The number of aryl methyl sites for hydroxylation is 2. The smallest absolute Gasteiger partial charge is 0.0512 e. The van der Waals surface area contributed by atoms with E-state index in [1.807, 2.05) is 13.8 Å². The highest BCUT2D eigenvalue weighted by Gasteiger charge is 2.10. The van der Waals surface area contributed by atoms with Gasteiger partial charge in [0.1, 0.15) is 0 Å². The molecule has 3 N–H and O–H groups in total. The average Bonchev–Trinajstić information content (AvgIpc) is 2.13. The molecule has 0 spiro atoms. The lowest BCUT2D eigenvalue weighted by atomic mass is 9.94. The van der Waals surface area contributed by atoms with Gasteiger partial charge in [0.25, 0.3) is 0 Å². The Morgan fingerprint density at radius 2 is 2.08 bits per heavy atom. The first kappa shape index (κ1) is 10.2. The molecule has 0 aliphatic carbocycles. The normalized spacial score (nSPS) is 12.9. The minimum Gasteiger partial charge on any atom is -0.396 e. The molecule has 1 unspecified atom stereocenters. The third-order valence-electron chi connectivity index (χ3n) is 2.38. The van der Waals surface area contributed by atoms with Gasteiger partial charge in [-0.2, -0.15) is 0 Å². The predicted octanol–water partition coefficient (Wildman–Crippen LogP) is 1.34. The molecule has 0 radical (unpaired) electrons. The van der Waals surface area contributed by atoms with E-state index in [0.717, 1.165) is 0 Å². The molecule has 1 aromatic carbocycles. The Bertz CT molecular complexity index is 279. The van der Waals surface area contributed by atoms with Crippen LogP contribution in [0.4, 0.5) is 0 Å². The van der Waals surface area contributed by atoms with Crippen molar-refractivity contribution in [2.75, 3.05) is 13.2 Å². The maximum absolute atomic E-state index is 9.11. The van der Waals surface area contributed by atoms with Crippen LogP contribution in [0.15, 0.2) is 18.2 Å². The van der Waals surface area contributed by atoms with Crippen LogP contribution in [0.1, 0.15) is 22.6 Å². The minimum absolute atomic E-state index is 0.0832. The van der Waals surface area contributed by atoms with E-state index < -0.39 is 0 Å². The van der Waals surface area contributed by atoms with Crippen LogP contribution in [0, 0.1) is 13.8 Å². The number of nitrogens with two attached hydrogens (primary N) is 1. The number of hydrogen-bond donors (Lipinski definition) is 2. The molecule has 0 fully saturated rings. The molecule has 72 valence electrons. The van der Waals surface area contributed by atoms with Gasteiger partial charge in [-0.05, 0) is 25.0 Å². The number of hydrogen-bond acceptors (Lipinski definition) is 2. The molecule has 0 aromatic heterocycles. The predicted molar refractivity (Wildman–Crippen MR) is 54.8 cm³/mol. The molecule has 1 rings (SSSR count). The summed E-state index contributed by atoms with van der Waals surface area (Å²) < 4.78 is 0. The van der Waals surface area contributed by atoms with E-state index in [9.17, 15) is 0 Å². The van der Waals surface area contributed by atoms with Crippen LogP contribution in [0.3, 0.4) is 0 Å². The number of benzene rings is 1. The Labute approximate surface area is 79.4 Å². The fourth-order valence-corrected chi connectivity index (χ4v) is 1.50. The molecule has 2 heteroatoms. The van der Waals surface area contributed by atoms with E-state index in [4.69, 9.17) is 10.8 Å². The van der Waals surface area contributed by atoms with Crippen molar-refractivity contribution in [2.45, 2.75) is 19.8 Å². The zero-order valence-corrected chi connectivity index (χ0v) is 8.25. The summed E-state index contributed by atoms with van der Waals surface area (Å²) in [7, 11) is 0. The maximum atomic E-state index is 9.11. The average molecular weight is 179 g/mol. The van der Waals surface area contributed by atoms with Gasteiger partial charge in [-0.25, -0.2) is 0 Å². The number of aliphatic hydroxyl groups excluding tert-OH is 1. The lowest BCUT2D eigenvalue weighted by molar-refractivity contribution is 0.267. The summed E-state index contributed by atoms with van der Waals surface area (Å²) in [5.74, 6) is 0.0832. The van der Waals surface area contributed by atoms with Gasteiger partial charge in [0.2, 0.25) is 0 Å². The first-order chi connectivity index (χ1) is 6.19.